The van der Waals surface area contributed by atoms with Gasteiger partial charge in [-0.15, -0.1) is 0 Å². The second kappa shape index (κ2) is 11.9. The molecule has 1 amide bonds. The molecule has 0 radical (unpaired) electrons. The zero-order valence-corrected chi connectivity index (χ0v) is 21.0. The number of benzene rings is 2. The minimum absolute atomic E-state index is 0. The standard InChI is InChI=1S/C28H34N4OS.H2/c1-3-22-10-12-24(13-11-22)19-26-30-28(34-31-26)32-17-14-23(15-18-32)5-4-16-29-27(33)20-25-8-6-21(2)7-9-25;/h5-13H,3-4,14-20H2,1-2H3,(H,29,33);1H. The Bertz CT molecular complexity index is 1100. The fraction of sp³-hybridized carbons (Fsp3) is 0.393. The van der Waals surface area contributed by atoms with Gasteiger partial charge < -0.3 is 10.2 Å². The van der Waals surface area contributed by atoms with E-state index in [9.17, 15) is 4.79 Å². The van der Waals surface area contributed by atoms with Crippen molar-refractivity contribution in [3.8, 4) is 0 Å². The summed E-state index contributed by atoms with van der Waals surface area (Å²) in [4.78, 5) is 19.3. The van der Waals surface area contributed by atoms with E-state index < -0.39 is 0 Å². The van der Waals surface area contributed by atoms with Crippen LogP contribution in [0, 0.1) is 6.92 Å². The van der Waals surface area contributed by atoms with Crippen molar-refractivity contribution in [2.75, 3.05) is 24.5 Å². The number of amides is 1. The van der Waals surface area contributed by atoms with Crippen molar-refractivity contribution in [2.45, 2.75) is 52.4 Å². The van der Waals surface area contributed by atoms with Crippen LogP contribution in [0.3, 0.4) is 0 Å². The highest BCUT2D eigenvalue weighted by atomic mass is 32.1. The third kappa shape index (κ3) is 7.00. The molecule has 0 atom stereocenters. The molecule has 2 aromatic carbocycles. The van der Waals surface area contributed by atoms with Crippen molar-refractivity contribution in [3.63, 3.8) is 0 Å². The SMILES string of the molecule is CCc1ccc(Cc2nsc(N3CCC(=CCCNC(=O)Cc4ccc(C)cc4)CC3)n2)cc1.[HH]. The van der Waals surface area contributed by atoms with Crippen molar-refractivity contribution < 1.29 is 6.22 Å². The van der Waals surface area contributed by atoms with Gasteiger partial charge in [0.2, 0.25) is 11.0 Å². The van der Waals surface area contributed by atoms with Crippen LogP contribution < -0.4 is 10.2 Å². The molecule has 6 heteroatoms. The van der Waals surface area contributed by atoms with Crippen LogP contribution >= 0.6 is 11.5 Å². The Morgan fingerprint density at radius 2 is 1.74 bits per heavy atom. The zero-order chi connectivity index (χ0) is 23.8. The molecule has 1 saturated heterocycles. The van der Waals surface area contributed by atoms with Gasteiger partial charge in [-0.2, -0.15) is 4.37 Å². The van der Waals surface area contributed by atoms with Crippen molar-refractivity contribution in [1.29, 1.82) is 0 Å². The quantitative estimate of drug-likeness (QED) is 0.326. The number of nitrogens with one attached hydrogen (secondary N) is 1. The van der Waals surface area contributed by atoms with Gasteiger partial charge in [0.15, 0.2) is 0 Å². The van der Waals surface area contributed by atoms with Gasteiger partial charge in [-0.3, -0.25) is 4.79 Å². The summed E-state index contributed by atoms with van der Waals surface area (Å²) in [5, 5.41) is 4.07. The molecular formula is C28H36N4OS. The van der Waals surface area contributed by atoms with E-state index in [2.05, 4.69) is 58.8 Å². The number of hydrogen-bond donors (Lipinski definition) is 1. The molecule has 180 valence electrons. The van der Waals surface area contributed by atoms with Gasteiger partial charge in [0.25, 0.3) is 0 Å². The molecular weight excluding hydrogens is 440 g/mol. The lowest BCUT2D eigenvalue weighted by Crippen LogP contribution is -2.30. The first-order valence-electron chi connectivity index (χ1n) is 12.2. The maximum Gasteiger partial charge on any atom is 0.224 e. The largest absolute Gasteiger partial charge is 0.356 e. The number of aromatic nitrogens is 2. The summed E-state index contributed by atoms with van der Waals surface area (Å²) >= 11 is 1.51. The van der Waals surface area contributed by atoms with E-state index >= 15 is 0 Å². The minimum atomic E-state index is 0. The monoisotopic (exact) mass is 476 g/mol. The fourth-order valence-electron chi connectivity index (χ4n) is 4.15. The Kier molecular flexibility index (Phi) is 8.47. The maximum atomic E-state index is 12.1. The number of piperidine rings is 1. The van der Waals surface area contributed by atoms with E-state index in [-0.39, 0.29) is 7.33 Å². The average molecular weight is 477 g/mol. The van der Waals surface area contributed by atoms with Gasteiger partial charge in [0.1, 0.15) is 5.82 Å². The molecule has 1 fully saturated rings. The van der Waals surface area contributed by atoms with Crippen LogP contribution in [0.25, 0.3) is 0 Å². The van der Waals surface area contributed by atoms with Crippen molar-refractivity contribution >= 4 is 22.6 Å². The van der Waals surface area contributed by atoms with Crippen LogP contribution in [0.4, 0.5) is 5.13 Å². The molecule has 2 heterocycles. The van der Waals surface area contributed by atoms with Crippen molar-refractivity contribution in [3.05, 3.63) is 88.3 Å². The molecule has 0 unspecified atom stereocenters. The first-order valence-corrected chi connectivity index (χ1v) is 13.0. The van der Waals surface area contributed by atoms with Crippen molar-refractivity contribution in [1.82, 2.24) is 14.7 Å². The van der Waals surface area contributed by atoms with Gasteiger partial charge in [-0.25, -0.2) is 4.98 Å². The molecule has 5 nitrogen and oxygen atoms in total. The number of hydrogen-bond acceptors (Lipinski definition) is 5. The first kappa shape index (κ1) is 24.1. The molecule has 0 spiro atoms. The van der Waals surface area contributed by atoms with E-state index in [1.54, 1.807) is 0 Å². The van der Waals surface area contributed by atoms with E-state index in [1.807, 2.05) is 24.3 Å². The van der Waals surface area contributed by atoms with Crippen LogP contribution in [0.2, 0.25) is 0 Å². The van der Waals surface area contributed by atoms with Gasteiger partial charge in [0.05, 0.1) is 6.42 Å². The summed E-state index contributed by atoms with van der Waals surface area (Å²) in [5.74, 6) is 0.998. The van der Waals surface area contributed by atoms with E-state index in [4.69, 9.17) is 4.98 Å². The third-order valence-corrected chi connectivity index (χ3v) is 7.13. The highest BCUT2D eigenvalue weighted by Gasteiger charge is 2.18. The van der Waals surface area contributed by atoms with Gasteiger partial charge >= 0.3 is 0 Å². The lowest BCUT2D eigenvalue weighted by atomic mass is 10.0. The normalized spacial score (nSPS) is 13.7. The van der Waals surface area contributed by atoms with Crippen LogP contribution in [0.5, 0.6) is 0 Å². The highest BCUT2D eigenvalue weighted by molar-refractivity contribution is 7.09. The smallest absolute Gasteiger partial charge is 0.224 e. The maximum absolute atomic E-state index is 12.1. The van der Waals surface area contributed by atoms with E-state index in [0.717, 1.165) is 61.7 Å². The Labute approximate surface area is 208 Å². The molecule has 34 heavy (non-hydrogen) atoms. The predicted molar refractivity (Wildman–Crippen MR) is 143 cm³/mol. The molecule has 1 aromatic heterocycles. The van der Waals surface area contributed by atoms with Crippen molar-refractivity contribution in [2.24, 2.45) is 0 Å². The Hall–Kier alpha value is -2.99. The summed E-state index contributed by atoms with van der Waals surface area (Å²) in [6, 6.07) is 16.9. The summed E-state index contributed by atoms with van der Waals surface area (Å²) in [7, 11) is 0. The van der Waals surface area contributed by atoms with Crippen LogP contribution in [-0.4, -0.2) is 34.9 Å². The number of nitrogens with zero attached hydrogens (tertiary/aromatic N) is 3. The van der Waals surface area contributed by atoms with Gasteiger partial charge in [0, 0.05) is 39.0 Å². The molecule has 4 rings (SSSR count). The molecule has 1 aliphatic rings. The number of anilines is 1. The van der Waals surface area contributed by atoms with Gasteiger partial charge in [-0.05, 0) is 49.3 Å². The summed E-state index contributed by atoms with van der Waals surface area (Å²) in [6.07, 6.45) is 7.57. The van der Waals surface area contributed by atoms with E-state index in [1.165, 1.54) is 33.8 Å². The number of carbonyl (C=O) groups excluding carboxylic acids is 1. The lowest BCUT2D eigenvalue weighted by molar-refractivity contribution is -0.120. The average Bonchev–Trinajstić information content (AvgIpc) is 3.32. The van der Waals surface area contributed by atoms with Crippen LogP contribution in [-0.2, 0) is 24.1 Å². The summed E-state index contributed by atoms with van der Waals surface area (Å²) in [6.45, 7) is 6.88. The first-order chi connectivity index (χ1) is 16.6. The number of carbonyl (C=O) groups is 1. The molecule has 0 saturated carbocycles. The summed E-state index contributed by atoms with van der Waals surface area (Å²) < 4.78 is 4.59. The molecule has 3 aromatic rings. The second-order valence-corrected chi connectivity index (χ2v) is 9.72. The number of aryl methyl sites for hydroxylation is 2. The third-order valence-electron chi connectivity index (χ3n) is 6.31. The topological polar surface area (TPSA) is 58.1 Å². The van der Waals surface area contributed by atoms with Gasteiger partial charge in [-0.1, -0.05) is 72.7 Å². The Morgan fingerprint density at radius 3 is 2.44 bits per heavy atom. The van der Waals surface area contributed by atoms with E-state index in [0.29, 0.717) is 13.0 Å². The number of rotatable bonds is 9. The molecule has 1 aliphatic heterocycles. The van der Waals surface area contributed by atoms with Crippen LogP contribution in [0.15, 0.2) is 60.2 Å². The zero-order valence-electron chi connectivity index (χ0n) is 20.2. The fourth-order valence-corrected chi connectivity index (χ4v) is 4.89. The molecule has 1 N–H and O–H groups in total. The minimum Gasteiger partial charge on any atom is -0.356 e. The summed E-state index contributed by atoms with van der Waals surface area (Å²) in [5.41, 5.74) is 6.37. The molecule has 0 aliphatic carbocycles. The second-order valence-electron chi connectivity index (χ2n) is 8.99. The Morgan fingerprint density at radius 1 is 1.06 bits per heavy atom. The molecule has 0 bridgehead atoms. The highest BCUT2D eigenvalue weighted by Crippen LogP contribution is 2.25. The predicted octanol–water partition coefficient (Wildman–Crippen LogP) is 5.52. The Balaban J connectivity index is 0.00000342. The lowest BCUT2D eigenvalue weighted by Gasteiger charge is -2.27. The van der Waals surface area contributed by atoms with Crippen LogP contribution in [0.1, 0.15) is 55.7 Å².